The fourth-order valence-electron chi connectivity index (χ4n) is 0. The molecular formula is C2H4O2Zn. The van der Waals surface area contributed by atoms with Crippen LogP contribution in [-0.4, -0.2) is 11.6 Å². The van der Waals surface area contributed by atoms with E-state index in [-0.39, 0.29) is 26.9 Å². The molecule has 0 radical (unpaired) electrons. The molecule has 0 amide bonds. The number of rotatable bonds is 0. The Bertz CT molecular complexity index is 15.1. The Kier molecular flexibility index (Phi) is 128. The summed E-state index contributed by atoms with van der Waals surface area (Å²) in [4.78, 5) is 8.24. The average molecular weight is 125 g/mol. The zero-order chi connectivity index (χ0) is 2.71. The van der Waals surface area contributed by atoms with Crippen molar-refractivity contribution >= 4 is 6.47 Å². The molecule has 0 saturated carbocycles. The summed E-state index contributed by atoms with van der Waals surface area (Å²) in [5.41, 5.74) is 0. The van der Waals surface area contributed by atoms with Crippen molar-refractivity contribution in [2.75, 3.05) is 0 Å². The van der Waals surface area contributed by atoms with Gasteiger partial charge in [-0.2, -0.15) is 0 Å². The first kappa shape index (κ1) is 19.5. The zero-order valence-electron chi connectivity index (χ0n) is 3.06. The summed E-state index contributed by atoms with van der Waals surface area (Å²) in [5.74, 6) is 0. The van der Waals surface area contributed by atoms with Gasteiger partial charge < -0.3 is 17.3 Å². The van der Waals surface area contributed by atoms with Gasteiger partial charge in [0.25, 0.3) is 0 Å². The van der Waals surface area contributed by atoms with Crippen LogP contribution in [0.1, 0.15) is 0 Å². The van der Waals surface area contributed by atoms with E-state index < -0.39 is 0 Å². The first-order valence-electron chi connectivity index (χ1n) is 0.428. The zero-order valence-corrected chi connectivity index (χ0v) is 6.03. The van der Waals surface area contributed by atoms with Crippen molar-refractivity contribution in [3.05, 3.63) is 7.43 Å². The minimum Gasteiger partial charge on any atom is -0.665 e. The number of hydrogen-bond donors (Lipinski definition) is 1. The van der Waals surface area contributed by atoms with E-state index in [1.165, 1.54) is 0 Å². The minimum atomic E-state index is 0. The largest absolute Gasteiger partial charge is 2.00 e. The van der Waals surface area contributed by atoms with E-state index in [9.17, 15) is 0 Å². The molecule has 0 atom stereocenters. The Labute approximate surface area is 43.9 Å². The normalized spacial score (nSPS) is 2.40. The van der Waals surface area contributed by atoms with Crippen molar-refractivity contribution in [1.82, 2.24) is 0 Å². The molecule has 26 valence electrons. The molecule has 5 heavy (non-hydrogen) atoms. The van der Waals surface area contributed by atoms with Crippen LogP contribution >= 0.6 is 0 Å². The topological polar surface area (TPSA) is 37.3 Å². The molecule has 0 bridgehead atoms. The van der Waals surface area contributed by atoms with Crippen molar-refractivity contribution in [3.8, 4) is 0 Å². The van der Waals surface area contributed by atoms with Crippen LogP contribution in [0.25, 0.3) is 0 Å². The predicted molar refractivity (Wildman–Crippen MR) is 14.7 cm³/mol. The summed E-state index contributed by atoms with van der Waals surface area (Å²) in [6.45, 7) is 0.500. The van der Waals surface area contributed by atoms with E-state index in [1.54, 1.807) is 0 Å². The Balaban J connectivity index is -0.0000000200. The molecule has 0 aliphatic heterocycles. The fraction of sp³-hybridized carbons (Fsp3) is 0. The van der Waals surface area contributed by atoms with Crippen molar-refractivity contribution < 1.29 is 29.4 Å². The van der Waals surface area contributed by atoms with E-state index in [0.29, 0.717) is 6.47 Å². The van der Waals surface area contributed by atoms with Gasteiger partial charge in [-0.25, -0.2) is 0 Å². The molecule has 3 heteroatoms. The Morgan fingerprint density at radius 3 is 1.60 bits per heavy atom. The van der Waals surface area contributed by atoms with Crippen molar-refractivity contribution in [1.29, 1.82) is 0 Å². The van der Waals surface area contributed by atoms with Gasteiger partial charge in [-0.1, -0.05) is 6.47 Å². The van der Waals surface area contributed by atoms with E-state index in [2.05, 4.69) is 0 Å². The third-order valence-corrected chi connectivity index (χ3v) is 0. The molecule has 0 aliphatic carbocycles. The molecule has 0 aromatic heterocycles. The first-order chi connectivity index (χ1) is 1.41. The minimum absolute atomic E-state index is 0. The summed E-state index contributed by atoms with van der Waals surface area (Å²) < 4.78 is 0. The predicted octanol–water partition coefficient (Wildman–Crippen LogP) is 0.0594. The summed E-state index contributed by atoms with van der Waals surface area (Å²) in [7, 11) is 0. The average Bonchev–Trinajstić information content (AvgIpc) is 0.918. The molecule has 0 spiro atoms. The van der Waals surface area contributed by atoms with Gasteiger partial charge in [0.15, 0.2) is 0 Å². The van der Waals surface area contributed by atoms with Crippen molar-refractivity contribution in [2.45, 2.75) is 0 Å². The molecule has 0 aromatic carbocycles. The Morgan fingerprint density at radius 2 is 1.60 bits per heavy atom. The van der Waals surface area contributed by atoms with Crippen molar-refractivity contribution in [2.24, 2.45) is 0 Å². The summed E-state index contributed by atoms with van der Waals surface area (Å²) >= 11 is 0. The van der Waals surface area contributed by atoms with Crippen LogP contribution in [0.3, 0.4) is 0 Å². The maximum absolute atomic E-state index is 8.24. The molecule has 0 heterocycles. The smallest absolute Gasteiger partial charge is 0.665 e. The molecule has 0 aliphatic rings. The van der Waals surface area contributed by atoms with Crippen LogP contribution in [0, 0.1) is 7.43 Å². The molecule has 0 fully saturated rings. The second-order valence-corrected chi connectivity index (χ2v) is 0.0913. The summed E-state index contributed by atoms with van der Waals surface area (Å²) in [5, 5.41) is 6.76. The maximum atomic E-state index is 8.24. The van der Waals surface area contributed by atoms with E-state index in [1.807, 2.05) is 0 Å². The van der Waals surface area contributed by atoms with E-state index >= 15 is 0 Å². The van der Waals surface area contributed by atoms with Crippen LogP contribution in [-0.2, 0) is 24.3 Å². The third kappa shape index (κ3) is 2060. The molecular weight excluding hydrogens is 121 g/mol. The standard InChI is InChI=1S/CHO2.CH3.Zn/c2-1-3;;/h(H,2,3);1H3;/q2*-1;+2. The second-order valence-electron chi connectivity index (χ2n) is 0.0913. The van der Waals surface area contributed by atoms with E-state index in [0.717, 1.165) is 0 Å². The number of hydrogen-bond acceptors (Lipinski definition) is 1. The van der Waals surface area contributed by atoms with Gasteiger partial charge >= 0.3 is 19.5 Å². The Morgan fingerprint density at radius 1 is 1.60 bits per heavy atom. The maximum Gasteiger partial charge on any atom is 2.00 e. The van der Waals surface area contributed by atoms with Crippen LogP contribution in [0.15, 0.2) is 0 Å². The SMILES string of the molecule is O=[C-]O.[CH3-].[Zn+2]. The van der Waals surface area contributed by atoms with Crippen LogP contribution in [0.2, 0.25) is 0 Å². The van der Waals surface area contributed by atoms with Gasteiger partial charge in [0.05, 0.1) is 0 Å². The van der Waals surface area contributed by atoms with Crippen LogP contribution < -0.4 is 0 Å². The fourth-order valence-corrected chi connectivity index (χ4v) is 0. The monoisotopic (exact) mass is 124 g/mol. The van der Waals surface area contributed by atoms with Gasteiger partial charge in [-0.15, -0.1) is 0 Å². The van der Waals surface area contributed by atoms with Crippen LogP contribution in [0.5, 0.6) is 0 Å². The van der Waals surface area contributed by atoms with Gasteiger partial charge in [0.2, 0.25) is 0 Å². The van der Waals surface area contributed by atoms with Crippen molar-refractivity contribution in [3.63, 3.8) is 0 Å². The van der Waals surface area contributed by atoms with Gasteiger partial charge in [-0.05, 0) is 0 Å². The third-order valence-electron chi connectivity index (χ3n) is 0. The first-order valence-corrected chi connectivity index (χ1v) is 0.428. The molecule has 0 unspecified atom stereocenters. The molecule has 0 rings (SSSR count). The van der Waals surface area contributed by atoms with E-state index in [4.69, 9.17) is 9.90 Å². The Hall–Kier alpha value is 0.0934. The van der Waals surface area contributed by atoms with Gasteiger partial charge in [-0.3, -0.25) is 0 Å². The van der Waals surface area contributed by atoms with Gasteiger partial charge in [0.1, 0.15) is 0 Å². The molecule has 0 saturated heterocycles. The quantitative estimate of drug-likeness (QED) is 0.367. The van der Waals surface area contributed by atoms with Gasteiger partial charge in [0, 0.05) is 0 Å². The number of aliphatic hydroxyl groups excluding tert-OH is 1. The second kappa shape index (κ2) is 32.8. The molecule has 1 N–H and O–H groups in total. The summed E-state index contributed by atoms with van der Waals surface area (Å²) in [6, 6.07) is 0. The molecule has 0 aromatic rings. The van der Waals surface area contributed by atoms with Crippen LogP contribution in [0.4, 0.5) is 0 Å². The molecule has 2 nitrogen and oxygen atoms in total. The summed E-state index contributed by atoms with van der Waals surface area (Å²) in [6.07, 6.45) is 0.